The third-order valence-corrected chi connectivity index (χ3v) is 3.64. The highest BCUT2D eigenvalue weighted by atomic mass is 79.9. The summed E-state index contributed by atoms with van der Waals surface area (Å²) >= 11 is 3.42. The van der Waals surface area contributed by atoms with Gasteiger partial charge in [0.25, 0.3) is 0 Å². The Hall–Kier alpha value is -1.10. The zero-order valence-electron chi connectivity index (χ0n) is 9.84. The molecule has 0 bridgehead atoms. The lowest BCUT2D eigenvalue weighted by atomic mass is 10.1. The molecule has 1 saturated heterocycles. The fourth-order valence-corrected chi connectivity index (χ4v) is 2.39. The van der Waals surface area contributed by atoms with Crippen LogP contribution in [-0.4, -0.2) is 29.2 Å². The molecule has 4 heteroatoms. The smallest absolute Gasteiger partial charge is 0.134 e. The quantitative estimate of drug-likeness (QED) is 0.947. The molecule has 2 aromatic rings. The number of furan rings is 1. The summed E-state index contributed by atoms with van der Waals surface area (Å²) < 4.78 is 6.88. The first-order valence-electron chi connectivity index (χ1n) is 5.96. The first-order chi connectivity index (χ1) is 8.70. The van der Waals surface area contributed by atoms with Gasteiger partial charge in [0.15, 0.2) is 0 Å². The Morgan fingerprint density at radius 3 is 2.56 bits per heavy atom. The van der Waals surface area contributed by atoms with E-state index < -0.39 is 0 Å². The van der Waals surface area contributed by atoms with Crippen LogP contribution in [0.5, 0.6) is 0 Å². The number of hydrogen-bond donors (Lipinski definition) is 1. The van der Waals surface area contributed by atoms with Gasteiger partial charge in [0.2, 0.25) is 0 Å². The monoisotopic (exact) mass is 307 g/mol. The van der Waals surface area contributed by atoms with Gasteiger partial charge < -0.3 is 9.52 Å². The number of aliphatic hydroxyl groups excluding tert-OH is 1. The standard InChI is InChI=1S/C14H14BrNO2/c15-11-3-1-10(2-4-11)14-6-5-13(18-14)9-16-7-12(17)8-16/h1-6,12,17H,7-9H2. The first-order valence-corrected chi connectivity index (χ1v) is 6.75. The largest absolute Gasteiger partial charge is 0.460 e. The Labute approximate surface area is 114 Å². The zero-order valence-corrected chi connectivity index (χ0v) is 11.4. The van der Waals surface area contributed by atoms with Crippen molar-refractivity contribution in [1.29, 1.82) is 0 Å². The Morgan fingerprint density at radius 2 is 1.89 bits per heavy atom. The summed E-state index contributed by atoms with van der Waals surface area (Å²) in [7, 11) is 0. The van der Waals surface area contributed by atoms with Crippen LogP contribution in [-0.2, 0) is 6.54 Å². The molecule has 1 aromatic heterocycles. The fraction of sp³-hybridized carbons (Fsp3) is 0.286. The van der Waals surface area contributed by atoms with E-state index in [1.807, 2.05) is 36.4 Å². The van der Waals surface area contributed by atoms with Crippen molar-refractivity contribution >= 4 is 15.9 Å². The van der Waals surface area contributed by atoms with Gasteiger partial charge >= 0.3 is 0 Å². The van der Waals surface area contributed by atoms with Crippen molar-refractivity contribution in [2.45, 2.75) is 12.6 Å². The van der Waals surface area contributed by atoms with Gasteiger partial charge in [-0.25, -0.2) is 0 Å². The second-order valence-corrected chi connectivity index (χ2v) is 5.54. The van der Waals surface area contributed by atoms with E-state index in [-0.39, 0.29) is 6.10 Å². The minimum atomic E-state index is -0.161. The molecule has 0 amide bonds. The number of hydrogen-bond acceptors (Lipinski definition) is 3. The van der Waals surface area contributed by atoms with Gasteiger partial charge in [0.05, 0.1) is 12.6 Å². The van der Waals surface area contributed by atoms with Gasteiger partial charge in [-0.1, -0.05) is 28.1 Å². The lowest BCUT2D eigenvalue weighted by Gasteiger charge is -2.34. The van der Waals surface area contributed by atoms with Crippen molar-refractivity contribution in [3.05, 3.63) is 46.6 Å². The maximum atomic E-state index is 9.23. The van der Waals surface area contributed by atoms with E-state index in [0.717, 1.165) is 41.2 Å². The summed E-state index contributed by atoms with van der Waals surface area (Å²) in [6.07, 6.45) is -0.161. The molecule has 3 rings (SSSR count). The number of nitrogens with zero attached hydrogens (tertiary/aromatic N) is 1. The molecule has 0 saturated carbocycles. The summed E-state index contributed by atoms with van der Waals surface area (Å²) in [6.45, 7) is 2.26. The van der Waals surface area contributed by atoms with Crippen LogP contribution < -0.4 is 0 Å². The zero-order chi connectivity index (χ0) is 12.5. The average Bonchev–Trinajstić information content (AvgIpc) is 2.77. The third-order valence-electron chi connectivity index (χ3n) is 3.11. The van der Waals surface area contributed by atoms with E-state index in [0.29, 0.717) is 0 Å². The van der Waals surface area contributed by atoms with Crippen molar-refractivity contribution in [3.8, 4) is 11.3 Å². The number of β-amino-alcohol motifs (C(OH)–C–C–N with tert-alkyl or cyclic N) is 1. The molecule has 0 aliphatic carbocycles. The van der Waals surface area contributed by atoms with Crippen molar-refractivity contribution in [1.82, 2.24) is 4.90 Å². The SMILES string of the molecule is OC1CN(Cc2ccc(-c3ccc(Br)cc3)o2)C1. The number of benzene rings is 1. The van der Waals surface area contributed by atoms with Crippen molar-refractivity contribution in [2.24, 2.45) is 0 Å². The van der Waals surface area contributed by atoms with Crippen LogP contribution in [0.15, 0.2) is 45.3 Å². The molecular weight excluding hydrogens is 294 g/mol. The molecule has 94 valence electrons. The Bertz CT molecular complexity index is 529. The third kappa shape index (κ3) is 2.51. The predicted molar refractivity (Wildman–Crippen MR) is 73.1 cm³/mol. The maximum Gasteiger partial charge on any atom is 0.134 e. The molecule has 0 radical (unpaired) electrons. The van der Waals surface area contributed by atoms with Crippen molar-refractivity contribution in [3.63, 3.8) is 0 Å². The Balaban J connectivity index is 1.71. The molecule has 1 aliphatic rings. The van der Waals surface area contributed by atoms with Crippen LogP contribution in [0.2, 0.25) is 0 Å². The molecule has 1 fully saturated rings. The number of aliphatic hydroxyl groups is 1. The summed E-state index contributed by atoms with van der Waals surface area (Å²) in [4.78, 5) is 2.16. The van der Waals surface area contributed by atoms with Gasteiger partial charge in [0.1, 0.15) is 11.5 Å². The average molecular weight is 308 g/mol. The van der Waals surface area contributed by atoms with Crippen LogP contribution in [0.25, 0.3) is 11.3 Å². The van der Waals surface area contributed by atoms with Crippen LogP contribution in [0.4, 0.5) is 0 Å². The number of halogens is 1. The van der Waals surface area contributed by atoms with Gasteiger partial charge in [-0.2, -0.15) is 0 Å². The Kier molecular flexibility index (Phi) is 3.24. The van der Waals surface area contributed by atoms with Gasteiger partial charge in [-0.3, -0.25) is 4.90 Å². The van der Waals surface area contributed by atoms with E-state index in [1.165, 1.54) is 0 Å². The molecule has 2 heterocycles. The van der Waals surface area contributed by atoms with Gasteiger partial charge in [0, 0.05) is 23.1 Å². The molecule has 0 spiro atoms. The minimum absolute atomic E-state index is 0.161. The molecule has 1 aliphatic heterocycles. The molecule has 0 atom stereocenters. The lowest BCUT2D eigenvalue weighted by molar-refractivity contribution is -0.00617. The van der Waals surface area contributed by atoms with Crippen LogP contribution in [0, 0.1) is 0 Å². The highest BCUT2D eigenvalue weighted by molar-refractivity contribution is 9.10. The second kappa shape index (κ2) is 4.88. The maximum absolute atomic E-state index is 9.23. The highest BCUT2D eigenvalue weighted by Crippen LogP contribution is 2.25. The number of likely N-dealkylation sites (tertiary alicyclic amines) is 1. The van der Waals surface area contributed by atoms with E-state index in [9.17, 15) is 5.11 Å². The van der Waals surface area contributed by atoms with Crippen LogP contribution in [0.3, 0.4) is 0 Å². The second-order valence-electron chi connectivity index (χ2n) is 4.62. The molecule has 0 unspecified atom stereocenters. The summed E-state index contributed by atoms with van der Waals surface area (Å²) in [5, 5.41) is 9.23. The first kappa shape index (κ1) is 12.0. The summed E-state index contributed by atoms with van der Waals surface area (Å²) in [6, 6.07) is 12.1. The topological polar surface area (TPSA) is 36.6 Å². The normalized spacial score (nSPS) is 16.8. The fourth-order valence-electron chi connectivity index (χ4n) is 2.12. The minimum Gasteiger partial charge on any atom is -0.460 e. The molecule has 3 nitrogen and oxygen atoms in total. The van der Waals surface area contributed by atoms with Crippen molar-refractivity contribution < 1.29 is 9.52 Å². The molecule has 1 aromatic carbocycles. The molecule has 1 N–H and O–H groups in total. The van der Waals surface area contributed by atoms with Crippen LogP contribution in [0.1, 0.15) is 5.76 Å². The van der Waals surface area contributed by atoms with E-state index in [2.05, 4.69) is 20.8 Å². The van der Waals surface area contributed by atoms with Gasteiger partial charge in [-0.05, 0) is 24.3 Å². The molecule has 18 heavy (non-hydrogen) atoms. The molecular formula is C14H14BrNO2. The number of rotatable bonds is 3. The summed E-state index contributed by atoms with van der Waals surface area (Å²) in [5.74, 6) is 1.83. The van der Waals surface area contributed by atoms with Crippen molar-refractivity contribution in [2.75, 3.05) is 13.1 Å². The van der Waals surface area contributed by atoms with E-state index in [1.54, 1.807) is 0 Å². The van der Waals surface area contributed by atoms with Gasteiger partial charge in [-0.15, -0.1) is 0 Å². The summed E-state index contributed by atoms with van der Waals surface area (Å²) in [5.41, 5.74) is 1.08. The van der Waals surface area contributed by atoms with E-state index in [4.69, 9.17) is 4.42 Å². The highest BCUT2D eigenvalue weighted by Gasteiger charge is 2.24. The van der Waals surface area contributed by atoms with E-state index >= 15 is 0 Å². The van der Waals surface area contributed by atoms with Crippen LogP contribution >= 0.6 is 15.9 Å². The Morgan fingerprint density at radius 1 is 1.17 bits per heavy atom. The predicted octanol–water partition coefficient (Wildman–Crippen LogP) is 2.89. The lowest BCUT2D eigenvalue weighted by Crippen LogP contribution is -2.49.